The van der Waals surface area contributed by atoms with Crippen LogP contribution in [0.2, 0.25) is 0 Å². The van der Waals surface area contributed by atoms with Crippen molar-refractivity contribution in [1.29, 1.82) is 0 Å². The van der Waals surface area contributed by atoms with Gasteiger partial charge in [-0.3, -0.25) is 4.79 Å². The molecule has 0 aliphatic rings. The fourth-order valence-corrected chi connectivity index (χ4v) is 1.52. The SMILES string of the molecule is O=C(O)CCNc1cc(Br)c(F)cc1C(=O)O. The van der Waals surface area contributed by atoms with Gasteiger partial charge in [0.2, 0.25) is 0 Å². The first kappa shape index (κ1) is 13.4. The van der Waals surface area contributed by atoms with Crippen molar-refractivity contribution < 1.29 is 24.2 Å². The minimum Gasteiger partial charge on any atom is -0.481 e. The van der Waals surface area contributed by atoms with Crippen molar-refractivity contribution in [2.75, 3.05) is 11.9 Å². The first-order chi connectivity index (χ1) is 7.91. The van der Waals surface area contributed by atoms with Gasteiger partial charge in [-0.05, 0) is 28.1 Å². The van der Waals surface area contributed by atoms with Gasteiger partial charge in [0.15, 0.2) is 0 Å². The maximum Gasteiger partial charge on any atom is 0.337 e. The number of carboxylic acid groups (broad SMARTS) is 2. The van der Waals surface area contributed by atoms with Gasteiger partial charge in [0.1, 0.15) is 5.82 Å². The second kappa shape index (κ2) is 5.62. The van der Waals surface area contributed by atoms with E-state index in [9.17, 15) is 14.0 Å². The Hall–Kier alpha value is -1.63. The number of benzene rings is 1. The van der Waals surface area contributed by atoms with Gasteiger partial charge >= 0.3 is 11.9 Å². The number of rotatable bonds is 5. The molecule has 0 heterocycles. The van der Waals surface area contributed by atoms with Crippen LogP contribution in [-0.4, -0.2) is 28.7 Å². The van der Waals surface area contributed by atoms with Crippen LogP contribution >= 0.6 is 15.9 Å². The lowest BCUT2D eigenvalue weighted by molar-refractivity contribution is -0.136. The van der Waals surface area contributed by atoms with Gasteiger partial charge in [0.05, 0.1) is 22.1 Å². The third-order valence-corrected chi connectivity index (χ3v) is 2.55. The Morgan fingerprint density at radius 1 is 1.35 bits per heavy atom. The first-order valence-corrected chi connectivity index (χ1v) is 5.39. The zero-order valence-corrected chi connectivity index (χ0v) is 10.1. The van der Waals surface area contributed by atoms with Crippen LogP contribution in [0.15, 0.2) is 16.6 Å². The Morgan fingerprint density at radius 2 is 2.00 bits per heavy atom. The zero-order valence-electron chi connectivity index (χ0n) is 8.54. The average Bonchev–Trinajstić information content (AvgIpc) is 2.22. The van der Waals surface area contributed by atoms with Gasteiger partial charge in [0.25, 0.3) is 0 Å². The van der Waals surface area contributed by atoms with Gasteiger partial charge in [-0.1, -0.05) is 0 Å². The molecular weight excluding hydrogens is 297 g/mol. The number of anilines is 1. The van der Waals surface area contributed by atoms with Gasteiger partial charge < -0.3 is 15.5 Å². The van der Waals surface area contributed by atoms with Crippen molar-refractivity contribution in [2.24, 2.45) is 0 Å². The van der Waals surface area contributed by atoms with Crippen LogP contribution in [0.3, 0.4) is 0 Å². The summed E-state index contributed by atoms with van der Waals surface area (Å²) >= 11 is 2.93. The van der Waals surface area contributed by atoms with Crippen LogP contribution in [0.5, 0.6) is 0 Å². The largest absolute Gasteiger partial charge is 0.481 e. The van der Waals surface area contributed by atoms with Gasteiger partial charge in [0, 0.05) is 6.54 Å². The summed E-state index contributed by atoms with van der Waals surface area (Å²) in [6.07, 6.45) is -0.159. The summed E-state index contributed by atoms with van der Waals surface area (Å²) in [5, 5.41) is 19.9. The van der Waals surface area contributed by atoms with Crippen molar-refractivity contribution in [3.63, 3.8) is 0 Å². The van der Waals surface area contributed by atoms with Crippen molar-refractivity contribution in [2.45, 2.75) is 6.42 Å². The molecule has 0 aromatic heterocycles. The van der Waals surface area contributed by atoms with E-state index in [1.165, 1.54) is 6.07 Å². The van der Waals surface area contributed by atoms with Crippen LogP contribution in [0.1, 0.15) is 16.8 Å². The highest BCUT2D eigenvalue weighted by Gasteiger charge is 2.14. The number of carboxylic acids is 2. The second-order valence-electron chi connectivity index (χ2n) is 3.19. The van der Waals surface area contributed by atoms with Crippen molar-refractivity contribution in [3.8, 4) is 0 Å². The van der Waals surface area contributed by atoms with Crippen LogP contribution in [0, 0.1) is 5.82 Å². The maximum atomic E-state index is 13.1. The van der Waals surface area contributed by atoms with E-state index in [1.807, 2.05) is 0 Å². The molecule has 0 bridgehead atoms. The minimum absolute atomic E-state index is 0.0632. The number of aromatic carboxylic acids is 1. The smallest absolute Gasteiger partial charge is 0.337 e. The normalized spacial score (nSPS) is 10.0. The molecule has 5 nitrogen and oxygen atoms in total. The molecule has 0 amide bonds. The molecule has 1 aromatic rings. The predicted molar refractivity (Wildman–Crippen MR) is 61.8 cm³/mol. The van der Waals surface area contributed by atoms with Crippen molar-refractivity contribution >= 4 is 33.6 Å². The van der Waals surface area contributed by atoms with E-state index in [2.05, 4.69) is 21.2 Å². The number of hydrogen-bond donors (Lipinski definition) is 3. The van der Waals surface area contributed by atoms with Crippen molar-refractivity contribution in [1.82, 2.24) is 0 Å². The molecule has 1 aromatic carbocycles. The topological polar surface area (TPSA) is 86.6 Å². The number of nitrogens with one attached hydrogen (secondary N) is 1. The highest BCUT2D eigenvalue weighted by molar-refractivity contribution is 9.10. The fourth-order valence-electron chi connectivity index (χ4n) is 1.17. The maximum absolute atomic E-state index is 13.1. The van der Waals surface area contributed by atoms with Gasteiger partial charge in [-0.2, -0.15) is 0 Å². The van der Waals surface area contributed by atoms with Crippen LogP contribution in [0.25, 0.3) is 0 Å². The Balaban J connectivity index is 2.92. The highest BCUT2D eigenvalue weighted by atomic mass is 79.9. The van der Waals surface area contributed by atoms with E-state index in [1.54, 1.807) is 0 Å². The third-order valence-electron chi connectivity index (χ3n) is 1.95. The average molecular weight is 306 g/mol. The lowest BCUT2D eigenvalue weighted by Gasteiger charge is -2.09. The summed E-state index contributed by atoms with van der Waals surface area (Å²) in [6.45, 7) is 0.0632. The van der Waals surface area contributed by atoms with E-state index < -0.39 is 17.8 Å². The van der Waals surface area contributed by atoms with E-state index in [-0.39, 0.29) is 28.7 Å². The number of hydrogen-bond acceptors (Lipinski definition) is 3. The zero-order chi connectivity index (χ0) is 13.0. The molecule has 7 heteroatoms. The summed E-state index contributed by atoms with van der Waals surface area (Å²) in [5.41, 5.74) is -0.0666. The summed E-state index contributed by atoms with van der Waals surface area (Å²) < 4.78 is 13.2. The molecule has 0 unspecified atom stereocenters. The summed E-state index contributed by atoms with van der Waals surface area (Å²) in [5.74, 6) is -2.98. The van der Waals surface area contributed by atoms with E-state index in [0.29, 0.717) is 0 Å². The lowest BCUT2D eigenvalue weighted by Crippen LogP contribution is -2.11. The monoisotopic (exact) mass is 305 g/mol. The third kappa shape index (κ3) is 3.70. The molecule has 0 saturated heterocycles. The first-order valence-electron chi connectivity index (χ1n) is 4.60. The van der Waals surface area contributed by atoms with Crippen molar-refractivity contribution in [3.05, 3.63) is 28.0 Å². The van der Waals surface area contributed by atoms with E-state index >= 15 is 0 Å². The van der Waals surface area contributed by atoms with Crippen LogP contribution < -0.4 is 5.32 Å². The Morgan fingerprint density at radius 3 is 2.53 bits per heavy atom. The molecule has 0 fully saturated rings. The molecule has 0 aliphatic heterocycles. The van der Waals surface area contributed by atoms with Gasteiger partial charge in [-0.15, -0.1) is 0 Å². The number of carbonyl (C=O) groups is 2. The van der Waals surface area contributed by atoms with Crippen LogP contribution in [0.4, 0.5) is 10.1 Å². The highest BCUT2D eigenvalue weighted by Crippen LogP contribution is 2.24. The molecule has 0 atom stereocenters. The molecule has 92 valence electrons. The predicted octanol–water partition coefficient (Wildman–Crippen LogP) is 2.17. The molecule has 0 saturated carbocycles. The molecule has 17 heavy (non-hydrogen) atoms. The Bertz CT molecular complexity index is 464. The van der Waals surface area contributed by atoms with E-state index in [4.69, 9.17) is 10.2 Å². The number of aliphatic carboxylic acids is 1. The Kier molecular flexibility index (Phi) is 4.45. The lowest BCUT2D eigenvalue weighted by atomic mass is 10.1. The quantitative estimate of drug-likeness (QED) is 0.776. The summed E-state index contributed by atoms with van der Waals surface area (Å²) in [6, 6.07) is 2.14. The molecule has 0 radical (unpaired) electrons. The summed E-state index contributed by atoms with van der Waals surface area (Å²) in [4.78, 5) is 21.1. The molecule has 0 aliphatic carbocycles. The minimum atomic E-state index is -1.28. The molecule has 0 spiro atoms. The standard InChI is InChI=1S/C10H9BrFNO4/c11-6-4-8(13-2-1-9(14)15)5(10(16)17)3-7(6)12/h3-4,13H,1-2H2,(H,14,15)(H,16,17). The molecular formula is C10H9BrFNO4. The summed E-state index contributed by atoms with van der Waals surface area (Å²) in [7, 11) is 0. The second-order valence-corrected chi connectivity index (χ2v) is 4.04. The molecule has 3 N–H and O–H groups in total. The van der Waals surface area contributed by atoms with E-state index in [0.717, 1.165) is 6.07 Å². The molecule has 1 rings (SSSR count). The fraction of sp³-hybridized carbons (Fsp3) is 0.200. The Labute approximate surface area is 104 Å². The number of halogens is 2. The van der Waals surface area contributed by atoms with Crippen LogP contribution in [-0.2, 0) is 4.79 Å². The van der Waals surface area contributed by atoms with Gasteiger partial charge in [-0.25, -0.2) is 9.18 Å².